The Bertz CT molecular complexity index is 1460. The SMILES string of the molecule is NS(=O)(=O)c1cccc(N(C(=O)CNS(=O)(=O)N2CC2)C(C(=O)NC2CC(F)(F)C2)c2ccccc2Cl)c1. The molecule has 1 heterocycles. The summed E-state index contributed by atoms with van der Waals surface area (Å²) in [6.45, 7) is -0.241. The number of alkyl halides is 2. The maximum atomic E-state index is 13.6. The van der Waals surface area contributed by atoms with Gasteiger partial charge in [0.2, 0.25) is 21.8 Å². The van der Waals surface area contributed by atoms with Crippen LogP contribution >= 0.6 is 11.6 Å². The van der Waals surface area contributed by atoms with E-state index in [0.717, 1.165) is 15.3 Å². The predicted octanol–water partition coefficient (Wildman–Crippen LogP) is 1.13. The summed E-state index contributed by atoms with van der Waals surface area (Å²) in [6, 6.07) is 8.34. The number of nitrogens with one attached hydrogen (secondary N) is 2. The van der Waals surface area contributed by atoms with E-state index in [1.807, 2.05) is 0 Å². The molecule has 11 nitrogen and oxygen atoms in total. The van der Waals surface area contributed by atoms with Gasteiger partial charge in [0.25, 0.3) is 16.1 Å². The van der Waals surface area contributed by atoms with Crippen LogP contribution in [0.25, 0.3) is 0 Å². The van der Waals surface area contributed by atoms with Gasteiger partial charge in [0.05, 0.1) is 11.4 Å². The number of hydrogen-bond donors (Lipinski definition) is 3. The standard InChI is InChI=1S/C22H24ClF2N5O6S2/c23-18-7-2-1-6-17(18)20(21(32)28-14-11-22(24,25)12-14)30(15-4-3-5-16(10-15)37(26,33)34)19(31)13-27-38(35,36)29-8-9-29/h1-7,10,14,20,27H,8-9,11-13H2,(H,28,32)(H2,26,33,34). The van der Waals surface area contributed by atoms with Crippen molar-refractivity contribution in [2.45, 2.75) is 35.7 Å². The second-order valence-electron chi connectivity index (χ2n) is 8.93. The van der Waals surface area contributed by atoms with Crippen LogP contribution in [0.15, 0.2) is 53.4 Å². The summed E-state index contributed by atoms with van der Waals surface area (Å²) in [5.41, 5.74) is -0.0210. The number of amides is 2. The molecule has 0 radical (unpaired) electrons. The van der Waals surface area contributed by atoms with Crippen molar-refractivity contribution in [1.29, 1.82) is 0 Å². The van der Waals surface area contributed by atoms with Crippen molar-refractivity contribution in [3.8, 4) is 0 Å². The zero-order valence-electron chi connectivity index (χ0n) is 19.7. The smallest absolute Gasteiger partial charge is 0.280 e. The number of nitrogens with zero attached hydrogens (tertiary/aromatic N) is 2. The summed E-state index contributed by atoms with van der Waals surface area (Å²) in [5, 5.41) is 7.79. The molecule has 1 atom stereocenters. The molecule has 2 fully saturated rings. The molecule has 16 heteroatoms. The van der Waals surface area contributed by atoms with Crippen LogP contribution in [-0.2, 0) is 29.8 Å². The molecular formula is C22H24ClF2N5O6S2. The molecule has 1 aliphatic heterocycles. The predicted molar refractivity (Wildman–Crippen MR) is 134 cm³/mol. The van der Waals surface area contributed by atoms with E-state index in [0.29, 0.717) is 0 Å². The van der Waals surface area contributed by atoms with Gasteiger partial charge in [-0.15, -0.1) is 0 Å². The minimum Gasteiger partial charge on any atom is -0.351 e. The molecule has 1 aliphatic carbocycles. The van der Waals surface area contributed by atoms with Crippen LogP contribution in [0.3, 0.4) is 0 Å². The first-order valence-corrected chi connectivity index (χ1v) is 14.7. The number of anilines is 1. The highest BCUT2D eigenvalue weighted by molar-refractivity contribution is 7.89. The van der Waals surface area contributed by atoms with Crippen LogP contribution in [0, 0.1) is 0 Å². The van der Waals surface area contributed by atoms with Crippen molar-refractivity contribution < 1.29 is 35.2 Å². The van der Waals surface area contributed by atoms with E-state index in [-0.39, 0.29) is 34.3 Å². The quantitative estimate of drug-likeness (QED) is 0.351. The maximum Gasteiger partial charge on any atom is 0.280 e. The highest BCUT2D eigenvalue weighted by Gasteiger charge is 2.47. The Morgan fingerprint density at radius 1 is 1.11 bits per heavy atom. The third-order valence-corrected chi connectivity index (χ3v) is 8.80. The first-order chi connectivity index (χ1) is 17.7. The fourth-order valence-corrected chi connectivity index (χ4v) is 5.84. The number of nitrogens with two attached hydrogens (primary N) is 1. The molecule has 2 aromatic carbocycles. The summed E-state index contributed by atoms with van der Waals surface area (Å²) < 4.78 is 78.7. The molecule has 0 aromatic heterocycles. The van der Waals surface area contributed by atoms with Gasteiger partial charge < -0.3 is 5.32 Å². The monoisotopic (exact) mass is 591 g/mol. The lowest BCUT2D eigenvalue weighted by molar-refractivity contribution is -0.132. The van der Waals surface area contributed by atoms with Crippen LogP contribution < -0.4 is 20.1 Å². The van der Waals surface area contributed by atoms with Gasteiger partial charge in [0.15, 0.2) is 0 Å². The van der Waals surface area contributed by atoms with Crippen molar-refractivity contribution in [2.24, 2.45) is 5.14 Å². The molecular weight excluding hydrogens is 568 g/mol. The second kappa shape index (κ2) is 10.5. The van der Waals surface area contributed by atoms with Crippen molar-refractivity contribution in [2.75, 3.05) is 24.5 Å². The molecule has 38 heavy (non-hydrogen) atoms. The van der Waals surface area contributed by atoms with Gasteiger partial charge in [-0.3, -0.25) is 14.5 Å². The van der Waals surface area contributed by atoms with Crippen molar-refractivity contribution in [1.82, 2.24) is 14.3 Å². The Morgan fingerprint density at radius 3 is 2.34 bits per heavy atom. The normalized spacial score (nSPS) is 18.3. The van der Waals surface area contributed by atoms with Crippen LogP contribution in [0.4, 0.5) is 14.5 Å². The van der Waals surface area contributed by atoms with E-state index >= 15 is 0 Å². The summed E-state index contributed by atoms with van der Waals surface area (Å²) >= 11 is 6.36. The number of carbonyl (C=O) groups is 2. The average Bonchev–Trinajstić information content (AvgIpc) is 3.66. The zero-order chi connectivity index (χ0) is 27.9. The fraction of sp³-hybridized carbons (Fsp3) is 0.364. The van der Waals surface area contributed by atoms with Crippen LogP contribution in [0.1, 0.15) is 24.4 Å². The van der Waals surface area contributed by atoms with E-state index in [4.69, 9.17) is 16.7 Å². The molecule has 0 bridgehead atoms. The molecule has 0 spiro atoms. The summed E-state index contributed by atoms with van der Waals surface area (Å²) in [4.78, 5) is 27.6. The van der Waals surface area contributed by atoms with Crippen LogP contribution in [0.2, 0.25) is 5.02 Å². The third kappa shape index (κ3) is 6.47. The number of rotatable bonds is 10. The Morgan fingerprint density at radius 2 is 1.76 bits per heavy atom. The lowest BCUT2D eigenvalue weighted by Gasteiger charge is -2.38. The lowest BCUT2D eigenvalue weighted by Crippen LogP contribution is -2.55. The summed E-state index contributed by atoms with van der Waals surface area (Å²) in [7, 11) is -8.20. The molecule has 1 saturated heterocycles. The number of halogens is 3. The van der Waals surface area contributed by atoms with Gasteiger partial charge in [-0.05, 0) is 24.3 Å². The number of sulfonamides is 1. The molecule has 2 amide bonds. The summed E-state index contributed by atoms with van der Waals surface area (Å²) in [5.74, 6) is -4.75. The average molecular weight is 592 g/mol. The van der Waals surface area contributed by atoms with Crippen molar-refractivity contribution in [3.05, 3.63) is 59.1 Å². The maximum absolute atomic E-state index is 13.6. The van der Waals surface area contributed by atoms with E-state index in [1.165, 1.54) is 36.4 Å². The summed E-state index contributed by atoms with van der Waals surface area (Å²) in [6.07, 6.45) is -1.20. The molecule has 1 unspecified atom stereocenters. The van der Waals surface area contributed by atoms with Crippen molar-refractivity contribution >= 4 is 49.3 Å². The van der Waals surface area contributed by atoms with Crippen molar-refractivity contribution in [3.63, 3.8) is 0 Å². The van der Waals surface area contributed by atoms with E-state index in [1.54, 1.807) is 6.07 Å². The Kier molecular flexibility index (Phi) is 7.80. The lowest BCUT2D eigenvalue weighted by atomic mass is 9.87. The molecule has 4 N–H and O–H groups in total. The number of carbonyl (C=O) groups excluding carboxylic acids is 2. The van der Waals surface area contributed by atoms with Gasteiger partial charge in [0, 0.05) is 48.2 Å². The Labute approximate surface area is 223 Å². The van der Waals surface area contributed by atoms with Crippen LogP contribution in [0.5, 0.6) is 0 Å². The molecule has 206 valence electrons. The largest absolute Gasteiger partial charge is 0.351 e. The fourth-order valence-electron chi connectivity index (χ4n) is 4.00. The van der Waals surface area contributed by atoms with Gasteiger partial charge in [0.1, 0.15) is 6.04 Å². The second-order valence-corrected chi connectivity index (χ2v) is 12.6. The van der Waals surface area contributed by atoms with E-state index in [2.05, 4.69) is 10.0 Å². The number of benzene rings is 2. The zero-order valence-corrected chi connectivity index (χ0v) is 22.1. The first kappa shape index (κ1) is 28.3. The van der Waals surface area contributed by atoms with E-state index in [9.17, 15) is 35.2 Å². The highest BCUT2D eigenvalue weighted by Crippen LogP contribution is 2.39. The topological polar surface area (TPSA) is 159 Å². The highest BCUT2D eigenvalue weighted by atomic mass is 35.5. The van der Waals surface area contributed by atoms with E-state index < -0.39 is 69.4 Å². The van der Waals surface area contributed by atoms with Gasteiger partial charge >= 0.3 is 0 Å². The van der Waals surface area contributed by atoms with Gasteiger partial charge in [-0.1, -0.05) is 35.9 Å². The molecule has 4 rings (SSSR count). The first-order valence-electron chi connectivity index (χ1n) is 11.3. The van der Waals surface area contributed by atoms with Gasteiger partial charge in [-0.25, -0.2) is 22.3 Å². The molecule has 2 aromatic rings. The minimum absolute atomic E-state index is 0.0525. The number of hydrogen-bond acceptors (Lipinski definition) is 6. The van der Waals surface area contributed by atoms with Crippen LogP contribution in [-0.4, -0.2) is 64.6 Å². The molecule has 1 saturated carbocycles. The number of primary sulfonamides is 1. The minimum atomic E-state index is -4.23. The Hall–Kier alpha value is -2.69. The van der Waals surface area contributed by atoms with Gasteiger partial charge in [-0.2, -0.15) is 17.4 Å². The third-order valence-electron chi connectivity index (χ3n) is 5.99. The molecule has 2 aliphatic rings. The Balaban J connectivity index is 1.77.